The number of rotatable bonds is 9. The molecular weight excluding hydrogens is 437 g/mol. The minimum atomic E-state index is -4.58. The van der Waals surface area contributed by atoms with Crippen LogP contribution in [0.2, 0.25) is 0 Å². The topological polar surface area (TPSA) is 24.5 Å². The summed E-state index contributed by atoms with van der Waals surface area (Å²) in [5.41, 5.74) is 0. The molecule has 1 aliphatic heterocycles. The molecule has 0 spiro atoms. The highest BCUT2D eigenvalue weighted by atomic mass is 35.5. The Morgan fingerprint density at radius 3 is 2.50 bits per heavy atom. The van der Waals surface area contributed by atoms with Gasteiger partial charge in [-0.15, -0.1) is 24.8 Å². The Hall–Kier alpha value is -0.720. The summed E-state index contributed by atoms with van der Waals surface area (Å²) in [7, 11) is 0. The van der Waals surface area contributed by atoms with Crippen LogP contribution in [0.25, 0.3) is 0 Å². The van der Waals surface area contributed by atoms with Gasteiger partial charge in [0.2, 0.25) is 0 Å². The number of alkyl halides is 4. The van der Waals surface area contributed by atoms with Crippen LogP contribution in [0.5, 0.6) is 0 Å². The molecule has 1 N–H and O–H groups in total. The largest absolute Gasteiger partial charge is 0.572 e. The summed E-state index contributed by atoms with van der Waals surface area (Å²) in [6.45, 7) is 8.65. The molecule has 0 bridgehead atoms. The second kappa shape index (κ2) is 12.1. The van der Waals surface area contributed by atoms with Gasteiger partial charge >= 0.3 is 6.36 Å². The zero-order valence-electron chi connectivity index (χ0n) is 19.5. The second-order valence-corrected chi connectivity index (χ2v) is 10.8. The number of hydrogen-bond acceptors (Lipinski definition) is 3. The first-order valence-electron chi connectivity index (χ1n) is 12.4. The maximum atomic E-state index is 12.5. The average Bonchev–Trinajstić information content (AvgIpc) is 2.73. The van der Waals surface area contributed by atoms with Crippen molar-refractivity contribution in [2.75, 3.05) is 26.2 Å². The highest BCUT2D eigenvalue weighted by Gasteiger charge is 2.33. The third-order valence-corrected chi connectivity index (χ3v) is 7.79. The highest BCUT2D eigenvalue weighted by Crippen LogP contribution is 2.34. The van der Waals surface area contributed by atoms with E-state index in [1.165, 1.54) is 19.3 Å². The van der Waals surface area contributed by atoms with Crippen molar-refractivity contribution in [1.82, 2.24) is 10.2 Å². The van der Waals surface area contributed by atoms with Crippen molar-refractivity contribution in [3.8, 4) is 0 Å². The molecule has 32 heavy (non-hydrogen) atoms. The van der Waals surface area contributed by atoms with E-state index in [0.29, 0.717) is 24.3 Å². The minimum absolute atomic E-state index is 0.0893. The van der Waals surface area contributed by atoms with Crippen molar-refractivity contribution in [3.05, 3.63) is 24.0 Å². The maximum Gasteiger partial charge on any atom is 0.572 e. The molecule has 3 aliphatic rings. The number of nitrogens with zero attached hydrogens (tertiary/aromatic N) is 1. The van der Waals surface area contributed by atoms with E-state index >= 15 is 0 Å². The van der Waals surface area contributed by atoms with Crippen molar-refractivity contribution in [3.63, 3.8) is 0 Å². The second-order valence-electron chi connectivity index (χ2n) is 10.2. The summed E-state index contributed by atoms with van der Waals surface area (Å²) in [5, 5.41) is 3.92. The molecular formula is C25H40ClF3N2O. The first-order valence-corrected chi connectivity index (χ1v) is 12.9. The fourth-order valence-corrected chi connectivity index (χ4v) is 5.65. The summed E-state index contributed by atoms with van der Waals surface area (Å²) in [6, 6.07) is 0.400. The Bertz CT molecular complexity index is 629. The molecule has 7 heteroatoms. The fraction of sp³-hybridized carbons (Fsp3) is 0.840. The van der Waals surface area contributed by atoms with Crippen LogP contribution < -0.4 is 5.32 Å². The summed E-state index contributed by atoms with van der Waals surface area (Å²) in [4.78, 5) is 2.58. The Labute approximate surface area is 196 Å². The number of allylic oxidation sites excluding steroid dienone is 4. The van der Waals surface area contributed by atoms with Gasteiger partial charge in [-0.1, -0.05) is 26.0 Å². The molecule has 2 aliphatic carbocycles. The monoisotopic (exact) mass is 476 g/mol. The van der Waals surface area contributed by atoms with Gasteiger partial charge in [0.05, 0.1) is 5.38 Å². The van der Waals surface area contributed by atoms with E-state index in [0.717, 1.165) is 57.8 Å². The predicted molar refractivity (Wildman–Crippen MR) is 124 cm³/mol. The van der Waals surface area contributed by atoms with Crippen molar-refractivity contribution < 1.29 is 17.9 Å². The van der Waals surface area contributed by atoms with Crippen molar-refractivity contribution >= 4 is 11.6 Å². The first-order chi connectivity index (χ1) is 15.2. The molecule has 0 amide bonds. The van der Waals surface area contributed by atoms with E-state index in [9.17, 15) is 13.2 Å². The lowest BCUT2D eigenvalue weighted by Gasteiger charge is -2.38. The Kier molecular flexibility index (Phi) is 9.81. The third-order valence-electron chi connectivity index (χ3n) is 7.43. The van der Waals surface area contributed by atoms with Crippen LogP contribution in [0.4, 0.5) is 13.2 Å². The third kappa shape index (κ3) is 8.57. The molecule has 0 aromatic carbocycles. The van der Waals surface area contributed by atoms with Crippen LogP contribution in [0, 0.1) is 23.7 Å². The smallest absolute Gasteiger partial charge is 0.411 e. The lowest BCUT2D eigenvalue weighted by Crippen LogP contribution is -2.47. The van der Waals surface area contributed by atoms with Gasteiger partial charge < -0.3 is 15.0 Å². The Morgan fingerprint density at radius 2 is 1.88 bits per heavy atom. The fourth-order valence-electron chi connectivity index (χ4n) is 5.44. The van der Waals surface area contributed by atoms with Gasteiger partial charge in [0.1, 0.15) is 5.76 Å². The molecule has 0 aromatic heterocycles. The van der Waals surface area contributed by atoms with Crippen molar-refractivity contribution in [2.45, 2.75) is 83.0 Å². The van der Waals surface area contributed by atoms with Crippen LogP contribution in [0.1, 0.15) is 65.2 Å². The molecule has 0 saturated carbocycles. The Morgan fingerprint density at radius 1 is 1.12 bits per heavy atom. The van der Waals surface area contributed by atoms with Gasteiger partial charge in [0.15, 0.2) is 0 Å². The summed E-state index contributed by atoms with van der Waals surface area (Å²) in [5.74, 6) is 2.24. The standard InChI is InChI=1S/C25H40ClF3N2O/c1-18(2)24(30-13-10-19-4-3-5-23(16-19)32-25(27,28)29)17-31-14-11-21(12-15-31)20-6-8-22(26)9-7-20/h6,8,16,18-22,24,30H,3-5,7,9-15,17H2,1-2H3/t19?,20?,22?,24-/m0/s1. The van der Waals surface area contributed by atoms with Gasteiger partial charge in [0, 0.05) is 19.0 Å². The van der Waals surface area contributed by atoms with Gasteiger partial charge in [-0.25, -0.2) is 0 Å². The van der Waals surface area contributed by atoms with E-state index in [4.69, 9.17) is 11.6 Å². The van der Waals surface area contributed by atoms with Crippen LogP contribution in [0.3, 0.4) is 0 Å². The summed E-state index contributed by atoms with van der Waals surface area (Å²) >= 11 is 6.20. The van der Waals surface area contributed by atoms with Gasteiger partial charge in [-0.2, -0.15) is 0 Å². The molecule has 1 heterocycles. The van der Waals surface area contributed by atoms with E-state index < -0.39 is 6.36 Å². The van der Waals surface area contributed by atoms with E-state index in [1.54, 1.807) is 6.08 Å². The van der Waals surface area contributed by atoms with Crippen molar-refractivity contribution in [1.29, 1.82) is 0 Å². The van der Waals surface area contributed by atoms with Crippen LogP contribution in [-0.2, 0) is 4.74 Å². The normalized spacial score (nSPS) is 29.2. The highest BCUT2D eigenvalue weighted by molar-refractivity contribution is 6.21. The number of ether oxygens (including phenoxy) is 1. The quantitative estimate of drug-likeness (QED) is 0.304. The Balaban J connectivity index is 1.40. The lowest BCUT2D eigenvalue weighted by atomic mass is 9.79. The molecule has 4 atom stereocenters. The van der Waals surface area contributed by atoms with E-state index in [2.05, 4.69) is 41.0 Å². The molecule has 3 nitrogen and oxygen atoms in total. The predicted octanol–water partition coefficient (Wildman–Crippen LogP) is 6.50. The van der Waals surface area contributed by atoms with Crippen LogP contribution in [-0.4, -0.2) is 48.9 Å². The molecule has 0 radical (unpaired) electrons. The summed E-state index contributed by atoms with van der Waals surface area (Å²) < 4.78 is 41.6. The molecule has 0 aromatic rings. The number of nitrogens with one attached hydrogen (secondary N) is 1. The van der Waals surface area contributed by atoms with Gasteiger partial charge in [0.25, 0.3) is 0 Å². The number of hydrogen-bond donors (Lipinski definition) is 1. The molecule has 3 unspecified atom stereocenters. The van der Waals surface area contributed by atoms with E-state index in [-0.39, 0.29) is 17.1 Å². The zero-order chi connectivity index (χ0) is 23.1. The molecule has 3 rings (SSSR count). The van der Waals surface area contributed by atoms with Crippen molar-refractivity contribution in [2.24, 2.45) is 23.7 Å². The van der Waals surface area contributed by atoms with E-state index in [1.807, 2.05) is 0 Å². The maximum absolute atomic E-state index is 12.5. The number of piperidine rings is 1. The van der Waals surface area contributed by atoms with Crippen LogP contribution >= 0.6 is 11.6 Å². The first kappa shape index (κ1) is 25.9. The average molecular weight is 477 g/mol. The SMILES string of the molecule is CC(C)[C@H](CN1CCC(C2C=CC(Cl)CC2)CC1)NCCC1C=C(OC(F)(F)F)CCC1. The minimum Gasteiger partial charge on any atom is -0.411 e. The molecule has 184 valence electrons. The van der Waals surface area contributed by atoms with Crippen LogP contribution in [0.15, 0.2) is 24.0 Å². The number of halogens is 4. The lowest BCUT2D eigenvalue weighted by molar-refractivity contribution is -0.307. The summed E-state index contributed by atoms with van der Waals surface area (Å²) in [6.07, 6.45) is 9.40. The molecule has 1 fully saturated rings. The zero-order valence-corrected chi connectivity index (χ0v) is 20.3. The number of likely N-dealkylation sites (tertiary alicyclic amines) is 1. The molecule has 1 saturated heterocycles. The van der Waals surface area contributed by atoms with Gasteiger partial charge in [-0.3, -0.25) is 0 Å². The van der Waals surface area contributed by atoms with Gasteiger partial charge in [-0.05, 0) is 94.3 Å².